The predicted octanol–water partition coefficient (Wildman–Crippen LogP) is 3.55. The summed E-state index contributed by atoms with van der Waals surface area (Å²) in [7, 11) is 0. The largest absolute Gasteiger partial charge is 0.481 e. The first kappa shape index (κ1) is 12.1. The third-order valence-corrected chi connectivity index (χ3v) is 2.75. The number of carboxylic acid groups (broad SMARTS) is 1. The number of halogens is 1. The van der Waals surface area contributed by atoms with Crippen molar-refractivity contribution in [3.63, 3.8) is 0 Å². The van der Waals surface area contributed by atoms with E-state index in [1.807, 2.05) is 26.0 Å². The smallest absolute Gasteiger partial charge is 0.303 e. The molecule has 2 nitrogen and oxygen atoms in total. The summed E-state index contributed by atoms with van der Waals surface area (Å²) in [4.78, 5) is 10.7. The topological polar surface area (TPSA) is 37.3 Å². The van der Waals surface area contributed by atoms with Crippen LogP contribution in [0.15, 0.2) is 24.3 Å². The highest BCUT2D eigenvalue weighted by molar-refractivity contribution is 6.30. The molecule has 0 saturated carbocycles. The van der Waals surface area contributed by atoms with Crippen LogP contribution in [0.4, 0.5) is 0 Å². The van der Waals surface area contributed by atoms with Gasteiger partial charge in [-0.25, -0.2) is 0 Å². The van der Waals surface area contributed by atoms with E-state index in [1.54, 1.807) is 12.1 Å². The fourth-order valence-electron chi connectivity index (χ4n) is 1.64. The zero-order valence-corrected chi connectivity index (χ0v) is 9.66. The molecule has 1 aromatic rings. The first-order valence-electron chi connectivity index (χ1n) is 4.98. The number of carbonyl (C=O) groups is 1. The summed E-state index contributed by atoms with van der Waals surface area (Å²) in [5.74, 6) is -0.398. The molecule has 0 radical (unpaired) electrons. The molecule has 0 spiro atoms. The summed E-state index contributed by atoms with van der Waals surface area (Å²) in [6.07, 6.45) is 0.166. The first-order valence-corrected chi connectivity index (χ1v) is 5.35. The maximum Gasteiger partial charge on any atom is 0.303 e. The minimum absolute atomic E-state index is 0.0553. The SMILES string of the molecule is CC(C)[C@H](CC(=O)O)c1ccc(Cl)cc1. The highest BCUT2D eigenvalue weighted by Gasteiger charge is 2.18. The van der Waals surface area contributed by atoms with Gasteiger partial charge in [0.1, 0.15) is 0 Å². The van der Waals surface area contributed by atoms with Gasteiger partial charge in [0, 0.05) is 5.02 Å². The van der Waals surface area contributed by atoms with E-state index in [2.05, 4.69) is 0 Å². The Kier molecular flexibility index (Phi) is 4.15. The van der Waals surface area contributed by atoms with Crippen molar-refractivity contribution in [2.45, 2.75) is 26.2 Å². The molecule has 15 heavy (non-hydrogen) atoms. The predicted molar refractivity (Wildman–Crippen MR) is 61.3 cm³/mol. The van der Waals surface area contributed by atoms with Gasteiger partial charge in [0.2, 0.25) is 0 Å². The van der Waals surface area contributed by atoms with E-state index >= 15 is 0 Å². The van der Waals surface area contributed by atoms with Crippen molar-refractivity contribution in [1.82, 2.24) is 0 Å². The highest BCUT2D eigenvalue weighted by atomic mass is 35.5. The molecule has 1 rings (SSSR count). The molecule has 0 fully saturated rings. The number of benzene rings is 1. The van der Waals surface area contributed by atoms with Gasteiger partial charge in [-0.15, -0.1) is 0 Å². The second-order valence-corrected chi connectivity index (χ2v) is 4.44. The molecule has 3 heteroatoms. The van der Waals surface area contributed by atoms with Crippen molar-refractivity contribution in [2.75, 3.05) is 0 Å². The lowest BCUT2D eigenvalue weighted by atomic mass is 9.86. The van der Waals surface area contributed by atoms with E-state index in [0.717, 1.165) is 5.56 Å². The summed E-state index contributed by atoms with van der Waals surface area (Å²) in [5, 5.41) is 9.50. The lowest BCUT2D eigenvalue weighted by molar-refractivity contribution is -0.137. The van der Waals surface area contributed by atoms with Gasteiger partial charge in [0.25, 0.3) is 0 Å². The monoisotopic (exact) mass is 226 g/mol. The zero-order valence-electron chi connectivity index (χ0n) is 8.90. The Balaban J connectivity index is 2.88. The zero-order chi connectivity index (χ0) is 11.4. The van der Waals surface area contributed by atoms with Crippen LogP contribution in [0.5, 0.6) is 0 Å². The molecule has 0 aromatic heterocycles. The number of hydrogen-bond donors (Lipinski definition) is 1. The second-order valence-electron chi connectivity index (χ2n) is 4.00. The van der Waals surface area contributed by atoms with Crippen molar-refractivity contribution in [3.8, 4) is 0 Å². The van der Waals surface area contributed by atoms with E-state index < -0.39 is 5.97 Å². The Morgan fingerprint density at radius 1 is 1.33 bits per heavy atom. The van der Waals surface area contributed by atoms with Gasteiger partial charge in [0.05, 0.1) is 6.42 Å². The van der Waals surface area contributed by atoms with Gasteiger partial charge in [-0.3, -0.25) is 4.79 Å². The molecular weight excluding hydrogens is 212 g/mol. The average Bonchev–Trinajstić information content (AvgIpc) is 2.15. The van der Waals surface area contributed by atoms with Crippen LogP contribution in [0.3, 0.4) is 0 Å². The van der Waals surface area contributed by atoms with Crippen LogP contribution in [-0.4, -0.2) is 11.1 Å². The van der Waals surface area contributed by atoms with Crippen LogP contribution in [0, 0.1) is 5.92 Å². The molecule has 82 valence electrons. The highest BCUT2D eigenvalue weighted by Crippen LogP contribution is 2.28. The molecule has 1 N–H and O–H groups in total. The molecule has 1 atom stereocenters. The minimum atomic E-state index is -0.761. The maximum atomic E-state index is 10.7. The van der Waals surface area contributed by atoms with Gasteiger partial charge < -0.3 is 5.11 Å². The lowest BCUT2D eigenvalue weighted by Gasteiger charge is -2.19. The molecule has 0 bridgehead atoms. The second kappa shape index (κ2) is 5.17. The maximum absolute atomic E-state index is 10.7. The number of rotatable bonds is 4. The summed E-state index contributed by atoms with van der Waals surface area (Å²) in [5.41, 5.74) is 1.04. The molecule has 0 heterocycles. The molecule has 1 aromatic carbocycles. The molecule has 0 aliphatic heterocycles. The molecular formula is C12H15ClO2. The number of hydrogen-bond acceptors (Lipinski definition) is 1. The minimum Gasteiger partial charge on any atom is -0.481 e. The van der Waals surface area contributed by atoms with E-state index in [0.29, 0.717) is 10.9 Å². The lowest BCUT2D eigenvalue weighted by Crippen LogP contribution is -2.12. The van der Waals surface area contributed by atoms with Crippen LogP contribution in [-0.2, 0) is 4.79 Å². The van der Waals surface area contributed by atoms with Crippen molar-refractivity contribution < 1.29 is 9.90 Å². The van der Waals surface area contributed by atoms with Crippen molar-refractivity contribution >= 4 is 17.6 Å². The van der Waals surface area contributed by atoms with Gasteiger partial charge in [0.15, 0.2) is 0 Å². The quantitative estimate of drug-likeness (QED) is 0.853. The fraction of sp³-hybridized carbons (Fsp3) is 0.417. The van der Waals surface area contributed by atoms with Crippen LogP contribution >= 0.6 is 11.6 Å². The molecule has 0 saturated heterocycles. The standard InChI is InChI=1S/C12H15ClO2/c1-8(2)11(7-12(14)15)9-3-5-10(13)6-4-9/h3-6,8,11H,7H2,1-2H3,(H,14,15)/t11-/m0/s1. The van der Waals surface area contributed by atoms with Crippen molar-refractivity contribution in [1.29, 1.82) is 0 Å². The third-order valence-electron chi connectivity index (χ3n) is 2.50. The van der Waals surface area contributed by atoms with Gasteiger partial charge in [-0.2, -0.15) is 0 Å². The average molecular weight is 227 g/mol. The van der Waals surface area contributed by atoms with Crippen molar-refractivity contribution in [3.05, 3.63) is 34.9 Å². The third kappa shape index (κ3) is 3.56. The van der Waals surface area contributed by atoms with Crippen molar-refractivity contribution in [2.24, 2.45) is 5.92 Å². The van der Waals surface area contributed by atoms with E-state index in [9.17, 15) is 4.79 Å². The number of carboxylic acids is 1. The summed E-state index contributed by atoms with van der Waals surface area (Å²) < 4.78 is 0. The molecule has 0 unspecified atom stereocenters. The van der Waals surface area contributed by atoms with E-state index in [1.165, 1.54) is 0 Å². The van der Waals surface area contributed by atoms with Crippen LogP contribution in [0.25, 0.3) is 0 Å². The number of aliphatic carboxylic acids is 1. The summed E-state index contributed by atoms with van der Waals surface area (Å²) in [6, 6.07) is 7.40. The van der Waals surface area contributed by atoms with E-state index in [4.69, 9.17) is 16.7 Å². The van der Waals surface area contributed by atoms with Crippen LogP contribution in [0.2, 0.25) is 5.02 Å². The summed E-state index contributed by atoms with van der Waals surface area (Å²) >= 11 is 5.79. The molecule has 0 amide bonds. The summed E-state index contributed by atoms with van der Waals surface area (Å²) in [6.45, 7) is 4.06. The Bertz CT molecular complexity index is 330. The molecule has 0 aliphatic carbocycles. The van der Waals surface area contributed by atoms with Gasteiger partial charge >= 0.3 is 5.97 Å². The fourth-order valence-corrected chi connectivity index (χ4v) is 1.76. The van der Waals surface area contributed by atoms with E-state index in [-0.39, 0.29) is 12.3 Å². The Labute approximate surface area is 94.9 Å². The van der Waals surface area contributed by atoms with Gasteiger partial charge in [-0.05, 0) is 29.5 Å². The van der Waals surface area contributed by atoms with Gasteiger partial charge in [-0.1, -0.05) is 37.6 Å². The van der Waals surface area contributed by atoms with Crippen LogP contribution in [0.1, 0.15) is 31.7 Å². The normalized spacial score (nSPS) is 12.8. The Hall–Kier alpha value is -1.02. The Morgan fingerprint density at radius 2 is 1.87 bits per heavy atom. The first-order chi connectivity index (χ1) is 7.00. The molecule has 0 aliphatic rings. The Morgan fingerprint density at radius 3 is 2.27 bits per heavy atom. The van der Waals surface area contributed by atoms with Crippen LogP contribution < -0.4 is 0 Å².